The molecule has 1 fully saturated rings. The molecule has 7 heteroatoms. The van der Waals surface area contributed by atoms with E-state index in [1.807, 2.05) is 11.5 Å². The zero-order valence-corrected chi connectivity index (χ0v) is 19.8. The van der Waals surface area contributed by atoms with Gasteiger partial charge in [0.1, 0.15) is 5.82 Å². The number of ether oxygens (including phenoxy) is 1. The van der Waals surface area contributed by atoms with Gasteiger partial charge in [-0.3, -0.25) is 14.2 Å². The lowest BCUT2D eigenvalue weighted by Gasteiger charge is -2.29. The third-order valence-electron chi connectivity index (χ3n) is 6.95. The number of carbonyl (C=O) groups is 1. The molecule has 1 atom stereocenters. The van der Waals surface area contributed by atoms with Gasteiger partial charge in [0.05, 0.1) is 30.2 Å². The Labute approximate surface area is 199 Å². The van der Waals surface area contributed by atoms with Crippen LogP contribution in [-0.4, -0.2) is 41.8 Å². The fourth-order valence-electron chi connectivity index (χ4n) is 4.89. The molecule has 7 nitrogen and oxygen atoms in total. The van der Waals surface area contributed by atoms with Crippen molar-refractivity contribution >= 4 is 22.5 Å². The predicted octanol–water partition coefficient (Wildman–Crippen LogP) is 3.84. The monoisotopic (exact) mass is 460 g/mol. The molecule has 1 N–H and O–H groups in total. The lowest BCUT2D eigenvalue weighted by molar-refractivity contribution is 0.0940. The second kappa shape index (κ2) is 9.97. The maximum absolute atomic E-state index is 13.0. The van der Waals surface area contributed by atoms with E-state index in [0.717, 1.165) is 69.9 Å². The van der Waals surface area contributed by atoms with Crippen LogP contribution in [0.5, 0.6) is 0 Å². The number of hydrogen-bond acceptors (Lipinski definition) is 5. The highest BCUT2D eigenvalue weighted by Gasteiger charge is 2.17. The number of benzene rings is 2. The minimum Gasteiger partial charge on any atom is -0.378 e. The van der Waals surface area contributed by atoms with Crippen molar-refractivity contribution in [3.63, 3.8) is 0 Å². The average Bonchev–Trinajstić information content (AvgIpc) is 2.85. The van der Waals surface area contributed by atoms with Gasteiger partial charge in [-0.05, 0) is 55.7 Å². The summed E-state index contributed by atoms with van der Waals surface area (Å²) < 4.78 is 7.25. The minimum absolute atomic E-state index is 0.00239. The first-order chi connectivity index (χ1) is 16.6. The molecule has 2 aliphatic heterocycles. The molecule has 2 aromatic carbocycles. The third kappa shape index (κ3) is 4.71. The van der Waals surface area contributed by atoms with E-state index >= 15 is 0 Å². The van der Waals surface area contributed by atoms with E-state index in [-0.39, 0.29) is 17.5 Å². The highest BCUT2D eigenvalue weighted by Crippen LogP contribution is 2.21. The molecule has 3 aromatic rings. The number of morpholine rings is 1. The predicted molar refractivity (Wildman–Crippen MR) is 134 cm³/mol. The van der Waals surface area contributed by atoms with Crippen molar-refractivity contribution in [1.29, 1.82) is 0 Å². The fourth-order valence-corrected chi connectivity index (χ4v) is 4.89. The van der Waals surface area contributed by atoms with E-state index in [4.69, 9.17) is 9.72 Å². The summed E-state index contributed by atoms with van der Waals surface area (Å²) >= 11 is 0. The highest BCUT2D eigenvalue weighted by molar-refractivity contribution is 5.97. The van der Waals surface area contributed by atoms with Gasteiger partial charge in [0, 0.05) is 37.3 Å². The molecule has 1 unspecified atom stereocenters. The highest BCUT2D eigenvalue weighted by atomic mass is 16.5. The Kier molecular flexibility index (Phi) is 6.63. The molecule has 1 aromatic heterocycles. The van der Waals surface area contributed by atoms with Crippen LogP contribution in [0.3, 0.4) is 0 Å². The molecule has 0 spiro atoms. The van der Waals surface area contributed by atoms with Crippen LogP contribution in [0.2, 0.25) is 0 Å². The molecular weight excluding hydrogens is 428 g/mol. The van der Waals surface area contributed by atoms with Crippen molar-refractivity contribution in [3.05, 3.63) is 69.8 Å². The van der Waals surface area contributed by atoms with Crippen molar-refractivity contribution < 1.29 is 9.53 Å². The Morgan fingerprint density at radius 3 is 2.56 bits per heavy atom. The van der Waals surface area contributed by atoms with Crippen molar-refractivity contribution in [3.8, 4) is 0 Å². The van der Waals surface area contributed by atoms with Gasteiger partial charge in [-0.1, -0.05) is 25.0 Å². The third-order valence-corrected chi connectivity index (χ3v) is 6.95. The lowest BCUT2D eigenvalue weighted by atomic mass is 10.1. The zero-order valence-electron chi connectivity index (χ0n) is 19.8. The van der Waals surface area contributed by atoms with Gasteiger partial charge in [-0.2, -0.15) is 0 Å². The molecule has 0 radical (unpaired) electrons. The number of aryl methyl sites for hydroxylation is 1. The maximum Gasteiger partial charge on any atom is 0.261 e. The van der Waals surface area contributed by atoms with Crippen LogP contribution >= 0.6 is 0 Å². The number of aromatic nitrogens is 2. The van der Waals surface area contributed by atoms with E-state index in [2.05, 4.69) is 34.5 Å². The van der Waals surface area contributed by atoms with E-state index < -0.39 is 0 Å². The summed E-state index contributed by atoms with van der Waals surface area (Å²) in [5.74, 6) is 0.670. The van der Waals surface area contributed by atoms with Gasteiger partial charge in [0.15, 0.2) is 0 Å². The Morgan fingerprint density at radius 2 is 1.76 bits per heavy atom. The Hall–Kier alpha value is -3.19. The van der Waals surface area contributed by atoms with E-state index in [0.29, 0.717) is 16.5 Å². The summed E-state index contributed by atoms with van der Waals surface area (Å²) in [6.07, 6.45) is 5.17. The lowest BCUT2D eigenvalue weighted by Crippen LogP contribution is -2.36. The van der Waals surface area contributed by atoms with E-state index in [1.54, 1.807) is 18.2 Å². The normalized spacial score (nSPS) is 17.5. The number of nitrogens with zero attached hydrogens (tertiary/aromatic N) is 3. The zero-order chi connectivity index (χ0) is 23.5. The molecule has 5 rings (SSSR count). The van der Waals surface area contributed by atoms with Crippen LogP contribution in [0.15, 0.2) is 47.3 Å². The molecular formula is C27H32N4O3. The standard InChI is InChI=1S/C27H32N4O3/c1-19(20-7-10-22(11-8-20)30-14-16-34-17-15-30)28-26(32)21-9-12-23-24(18-21)29-25-6-4-2-3-5-13-31(25)27(23)33/h7-12,18-19H,2-6,13-17H2,1H3,(H,28,32). The van der Waals surface area contributed by atoms with Crippen LogP contribution in [0, 0.1) is 0 Å². The summed E-state index contributed by atoms with van der Waals surface area (Å²) in [4.78, 5) is 33.1. The van der Waals surface area contributed by atoms with Crippen molar-refractivity contribution in [2.24, 2.45) is 0 Å². The molecule has 1 amide bonds. The number of fused-ring (bicyclic) bond motifs is 2. The van der Waals surface area contributed by atoms with Gasteiger partial charge >= 0.3 is 0 Å². The van der Waals surface area contributed by atoms with Gasteiger partial charge in [0.25, 0.3) is 11.5 Å². The SMILES string of the molecule is CC(NC(=O)c1ccc2c(=O)n3c(nc2c1)CCCCCC3)c1ccc(N2CCOCC2)cc1. The number of amides is 1. The van der Waals surface area contributed by atoms with Crippen LogP contribution in [0.4, 0.5) is 5.69 Å². The molecule has 3 heterocycles. The van der Waals surface area contributed by atoms with E-state index in [1.165, 1.54) is 12.1 Å². The molecule has 0 bridgehead atoms. The van der Waals surface area contributed by atoms with Crippen LogP contribution < -0.4 is 15.8 Å². The first kappa shape index (κ1) is 22.6. The van der Waals surface area contributed by atoms with Crippen LogP contribution in [0.1, 0.15) is 60.4 Å². The summed E-state index contributed by atoms with van der Waals surface area (Å²) in [6.45, 7) is 6.01. The average molecular weight is 461 g/mol. The number of carbonyl (C=O) groups excluding carboxylic acids is 1. The van der Waals surface area contributed by atoms with Crippen molar-refractivity contribution in [1.82, 2.24) is 14.9 Å². The van der Waals surface area contributed by atoms with E-state index in [9.17, 15) is 9.59 Å². The quantitative estimate of drug-likeness (QED) is 0.640. The minimum atomic E-state index is -0.166. The maximum atomic E-state index is 13.0. The molecule has 34 heavy (non-hydrogen) atoms. The number of nitrogens with one attached hydrogen (secondary N) is 1. The van der Waals surface area contributed by atoms with Gasteiger partial charge in [0.2, 0.25) is 0 Å². The topological polar surface area (TPSA) is 76.5 Å². The Balaban J connectivity index is 1.32. The van der Waals surface area contributed by atoms with Crippen LogP contribution in [0.25, 0.3) is 10.9 Å². The first-order valence-corrected chi connectivity index (χ1v) is 12.4. The van der Waals surface area contributed by atoms with Crippen molar-refractivity contribution in [2.45, 2.75) is 51.6 Å². The smallest absolute Gasteiger partial charge is 0.261 e. The number of hydrogen-bond donors (Lipinski definition) is 1. The Bertz CT molecular complexity index is 1230. The summed E-state index contributed by atoms with van der Waals surface area (Å²) in [6, 6.07) is 13.4. The summed E-state index contributed by atoms with van der Waals surface area (Å²) in [5.41, 5.74) is 3.35. The molecule has 178 valence electrons. The molecule has 0 aliphatic carbocycles. The molecule has 2 aliphatic rings. The first-order valence-electron chi connectivity index (χ1n) is 12.4. The van der Waals surface area contributed by atoms with Crippen LogP contribution in [-0.2, 0) is 17.7 Å². The number of rotatable bonds is 4. The fraction of sp³-hybridized carbons (Fsp3) is 0.444. The van der Waals surface area contributed by atoms with Gasteiger partial charge in [-0.15, -0.1) is 0 Å². The van der Waals surface area contributed by atoms with Crippen molar-refractivity contribution in [2.75, 3.05) is 31.2 Å². The summed E-state index contributed by atoms with van der Waals surface area (Å²) in [7, 11) is 0. The summed E-state index contributed by atoms with van der Waals surface area (Å²) in [5, 5.41) is 3.66. The Morgan fingerprint density at radius 1 is 1.00 bits per heavy atom. The second-order valence-electron chi connectivity index (χ2n) is 9.27. The molecule has 1 saturated heterocycles. The van der Waals surface area contributed by atoms with Gasteiger partial charge < -0.3 is 15.0 Å². The van der Waals surface area contributed by atoms with Gasteiger partial charge in [-0.25, -0.2) is 4.98 Å². The molecule has 0 saturated carbocycles. The number of anilines is 1. The second-order valence-corrected chi connectivity index (χ2v) is 9.27. The largest absolute Gasteiger partial charge is 0.378 e.